The van der Waals surface area contributed by atoms with E-state index in [4.69, 9.17) is 19.5 Å². The lowest BCUT2D eigenvalue weighted by atomic mass is 10.1. The van der Waals surface area contributed by atoms with Crippen molar-refractivity contribution in [2.45, 2.75) is 26.4 Å². The summed E-state index contributed by atoms with van der Waals surface area (Å²) in [5.41, 5.74) is -0.558. The first-order chi connectivity index (χ1) is 9.73. The van der Waals surface area contributed by atoms with Crippen molar-refractivity contribution in [2.75, 3.05) is 7.11 Å². The zero-order chi connectivity index (χ0) is 16.2. The Morgan fingerprint density at radius 2 is 1.90 bits per heavy atom. The highest BCUT2D eigenvalue weighted by atomic mass is 79.9. The second-order valence-corrected chi connectivity index (χ2v) is 5.73. The molecule has 0 heterocycles. The van der Waals surface area contributed by atoms with Crippen molar-refractivity contribution in [2.24, 2.45) is 0 Å². The molecule has 0 bridgehead atoms. The number of hydrogen-bond acceptors (Lipinski definition) is 6. The molecule has 0 unspecified atom stereocenters. The predicted molar refractivity (Wildman–Crippen MR) is 77.0 cm³/mol. The van der Waals surface area contributed by atoms with Crippen LogP contribution < -0.4 is 9.47 Å². The number of hydrogen-bond donors (Lipinski definition) is 0. The van der Waals surface area contributed by atoms with Crippen molar-refractivity contribution in [1.82, 2.24) is 0 Å². The van der Waals surface area contributed by atoms with Gasteiger partial charge < -0.3 is 14.2 Å². The van der Waals surface area contributed by atoms with E-state index in [-0.39, 0.29) is 27.1 Å². The molecule has 6 nitrogen and oxygen atoms in total. The van der Waals surface area contributed by atoms with Crippen LogP contribution in [0.25, 0.3) is 0 Å². The summed E-state index contributed by atoms with van der Waals surface area (Å²) >= 11 is 3.13. The normalized spacial score (nSPS) is 10.2. The van der Waals surface area contributed by atoms with Crippen LogP contribution in [0.1, 0.15) is 31.9 Å². The van der Waals surface area contributed by atoms with Gasteiger partial charge >= 0.3 is 6.16 Å². The molecule has 0 saturated carbocycles. The fraction of sp³-hybridized carbons (Fsp3) is 0.357. The molecule has 0 aliphatic heterocycles. The van der Waals surface area contributed by atoms with Gasteiger partial charge in [0.2, 0.25) is 0 Å². The monoisotopic (exact) mass is 352 g/mol. The van der Waals surface area contributed by atoms with E-state index in [0.29, 0.717) is 0 Å². The number of nitriles is 2. The fourth-order valence-corrected chi connectivity index (χ4v) is 1.88. The Balaban J connectivity index is 3.30. The maximum atomic E-state index is 11.7. The molecular formula is C14H13BrN2O4. The van der Waals surface area contributed by atoms with Crippen molar-refractivity contribution in [3.05, 3.63) is 21.7 Å². The molecular weight excluding hydrogens is 340 g/mol. The molecule has 0 amide bonds. The number of carbonyl (C=O) groups is 1. The van der Waals surface area contributed by atoms with Gasteiger partial charge in [0.25, 0.3) is 0 Å². The summed E-state index contributed by atoms with van der Waals surface area (Å²) in [6.07, 6.45) is -0.964. The second kappa shape index (κ2) is 6.47. The molecule has 21 heavy (non-hydrogen) atoms. The Labute approximate surface area is 131 Å². The number of nitrogens with zero attached hydrogens (tertiary/aromatic N) is 2. The van der Waals surface area contributed by atoms with Crippen LogP contribution >= 0.6 is 15.9 Å². The zero-order valence-electron chi connectivity index (χ0n) is 12.0. The van der Waals surface area contributed by atoms with Crippen LogP contribution in [0.15, 0.2) is 10.5 Å². The van der Waals surface area contributed by atoms with E-state index in [1.165, 1.54) is 13.2 Å². The van der Waals surface area contributed by atoms with Crippen molar-refractivity contribution in [3.63, 3.8) is 0 Å². The number of carbonyl (C=O) groups excluding carboxylic acids is 1. The zero-order valence-corrected chi connectivity index (χ0v) is 13.6. The molecule has 0 fully saturated rings. The highest BCUT2D eigenvalue weighted by Crippen LogP contribution is 2.38. The molecule has 0 N–H and O–H groups in total. The van der Waals surface area contributed by atoms with Gasteiger partial charge in [-0.25, -0.2) is 4.79 Å². The van der Waals surface area contributed by atoms with Crippen LogP contribution in [0.3, 0.4) is 0 Å². The number of methoxy groups -OCH3 is 1. The largest absolute Gasteiger partial charge is 0.514 e. The summed E-state index contributed by atoms with van der Waals surface area (Å²) in [5, 5.41) is 18.2. The van der Waals surface area contributed by atoms with Gasteiger partial charge in [0.1, 0.15) is 23.3 Å². The minimum Gasteiger partial charge on any atom is -0.493 e. The Bertz CT molecular complexity index is 651. The smallest absolute Gasteiger partial charge is 0.493 e. The van der Waals surface area contributed by atoms with E-state index in [0.717, 1.165) is 0 Å². The minimum absolute atomic E-state index is 0.0169. The second-order valence-electron chi connectivity index (χ2n) is 4.93. The van der Waals surface area contributed by atoms with Gasteiger partial charge in [0.15, 0.2) is 11.5 Å². The van der Waals surface area contributed by atoms with Gasteiger partial charge in [0, 0.05) is 6.07 Å². The van der Waals surface area contributed by atoms with Gasteiger partial charge in [-0.1, -0.05) is 0 Å². The summed E-state index contributed by atoms with van der Waals surface area (Å²) < 4.78 is 15.4. The Kier molecular flexibility index (Phi) is 5.17. The Hall–Kier alpha value is -2.25. The number of ether oxygens (including phenoxy) is 3. The number of halogens is 1. The van der Waals surface area contributed by atoms with E-state index in [9.17, 15) is 10.1 Å². The van der Waals surface area contributed by atoms with Crippen LogP contribution in [-0.2, 0) is 4.74 Å². The van der Waals surface area contributed by atoms with Crippen LogP contribution in [-0.4, -0.2) is 18.9 Å². The van der Waals surface area contributed by atoms with E-state index in [1.807, 2.05) is 12.1 Å². The number of benzene rings is 1. The topological polar surface area (TPSA) is 92.3 Å². The quantitative estimate of drug-likeness (QED) is 0.597. The summed E-state index contributed by atoms with van der Waals surface area (Å²) in [4.78, 5) is 11.7. The van der Waals surface area contributed by atoms with E-state index in [1.54, 1.807) is 20.8 Å². The molecule has 0 saturated heterocycles. The van der Waals surface area contributed by atoms with E-state index >= 15 is 0 Å². The summed E-state index contributed by atoms with van der Waals surface area (Å²) in [6, 6.07) is 5.15. The molecule has 110 valence electrons. The van der Waals surface area contributed by atoms with Gasteiger partial charge in [-0.2, -0.15) is 10.5 Å². The third-order valence-electron chi connectivity index (χ3n) is 2.21. The van der Waals surface area contributed by atoms with E-state index in [2.05, 4.69) is 15.9 Å². The van der Waals surface area contributed by atoms with Gasteiger partial charge in [0.05, 0.1) is 17.1 Å². The highest BCUT2D eigenvalue weighted by molar-refractivity contribution is 9.10. The average Bonchev–Trinajstić information content (AvgIpc) is 2.37. The van der Waals surface area contributed by atoms with E-state index < -0.39 is 11.8 Å². The van der Waals surface area contributed by atoms with Crippen molar-refractivity contribution >= 4 is 22.1 Å². The lowest BCUT2D eigenvalue weighted by molar-refractivity contribution is 0.0200. The molecule has 0 aliphatic rings. The first kappa shape index (κ1) is 16.8. The maximum absolute atomic E-state index is 11.7. The molecule has 0 aromatic heterocycles. The van der Waals surface area contributed by atoms with Crippen LogP contribution in [0, 0.1) is 22.7 Å². The van der Waals surface area contributed by atoms with Crippen molar-refractivity contribution in [3.8, 4) is 23.6 Å². The first-order valence-corrected chi connectivity index (χ1v) is 6.64. The highest BCUT2D eigenvalue weighted by Gasteiger charge is 2.24. The standard InChI is InChI=1S/C14H13BrN2O4/c1-14(2,3)21-13(18)20-12-9(7-17)11(15)8(6-16)5-10(12)19-4/h5H,1-4H3. The summed E-state index contributed by atoms with van der Waals surface area (Å²) in [6.45, 7) is 5.06. The molecule has 1 aromatic rings. The minimum atomic E-state index is -0.964. The first-order valence-electron chi connectivity index (χ1n) is 5.85. The van der Waals surface area contributed by atoms with Gasteiger partial charge in [-0.15, -0.1) is 0 Å². The molecule has 1 rings (SSSR count). The van der Waals surface area contributed by atoms with Crippen LogP contribution in [0.4, 0.5) is 4.79 Å². The molecule has 0 aliphatic carbocycles. The lowest BCUT2D eigenvalue weighted by Crippen LogP contribution is -2.26. The third-order valence-corrected chi connectivity index (χ3v) is 3.03. The molecule has 0 radical (unpaired) electrons. The maximum Gasteiger partial charge on any atom is 0.514 e. The molecule has 7 heteroatoms. The van der Waals surface area contributed by atoms with Crippen LogP contribution in [0.5, 0.6) is 11.5 Å². The fourth-order valence-electron chi connectivity index (χ4n) is 1.41. The lowest BCUT2D eigenvalue weighted by Gasteiger charge is -2.19. The van der Waals surface area contributed by atoms with Crippen molar-refractivity contribution in [1.29, 1.82) is 10.5 Å². The Morgan fingerprint density at radius 3 is 2.33 bits per heavy atom. The third kappa shape index (κ3) is 4.11. The van der Waals surface area contributed by atoms with Gasteiger partial charge in [-0.05, 0) is 36.7 Å². The molecule has 1 aromatic carbocycles. The van der Waals surface area contributed by atoms with Gasteiger partial charge in [-0.3, -0.25) is 0 Å². The SMILES string of the molecule is COc1cc(C#N)c(Br)c(C#N)c1OC(=O)OC(C)(C)C. The number of rotatable bonds is 2. The summed E-state index contributed by atoms with van der Waals surface area (Å²) in [5.74, 6) is -0.00251. The molecule has 0 spiro atoms. The predicted octanol–water partition coefficient (Wildman–Crippen LogP) is 3.51. The average molecular weight is 353 g/mol. The molecule has 0 atom stereocenters. The Morgan fingerprint density at radius 1 is 1.29 bits per heavy atom. The van der Waals surface area contributed by atoms with Crippen LogP contribution in [0.2, 0.25) is 0 Å². The summed E-state index contributed by atoms with van der Waals surface area (Å²) in [7, 11) is 1.34. The van der Waals surface area contributed by atoms with Crippen molar-refractivity contribution < 1.29 is 19.0 Å².